The van der Waals surface area contributed by atoms with E-state index in [1.807, 2.05) is 14.0 Å². The molecule has 4 nitrogen and oxygen atoms in total. The normalized spacial score (nSPS) is 10.7. The first-order valence-electron chi connectivity index (χ1n) is 6.05. The van der Waals surface area contributed by atoms with Crippen LogP contribution in [-0.2, 0) is 13.6 Å². The summed E-state index contributed by atoms with van der Waals surface area (Å²) in [6.45, 7) is 4.87. The van der Waals surface area contributed by atoms with Gasteiger partial charge in [-0.05, 0) is 31.5 Å². The van der Waals surface area contributed by atoms with Crippen LogP contribution in [0.15, 0.2) is 24.3 Å². The molecular weight excluding hydrogens is 224 g/mol. The summed E-state index contributed by atoms with van der Waals surface area (Å²) in [7, 11) is 3.94. The first-order valence-corrected chi connectivity index (χ1v) is 6.05. The predicted molar refractivity (Wildman–Crippen MR) is 75.6 cm³/mol. The van der Waals surface area contributed by atoms with E-state index in [4.69, 9.17) is 5.73 Å². The van der Waals surface area contributed by atoms with Crippen LogP contribution in [0.25, 0.3) is 0 Å². The van der Waals surface area contributed by atoms with E-state index in [0.29, 0.717) is 0 Å². The second kappa shape index (κ2) is 4.72. The van der Waals surface area contributed by atoms with Crippen LogP contribution in [0.4, 0.5) is 11.5 Å². The van der Waals surface area contributed by atoms with Gasteiger partial charge in [0.05, 0.1) is 5.69 Å². The lowest BCUT2D eigenvalue weighted by molar-refractivity contribution is 0.767. The van der Waals surface area contributed by atoms with Crippen LogP contribution in [-0.4, -0.2) is 16.8 Å². The van der Waals surface area contributed by atoms with Crippen LogP contribution in [0.5, 0.6) is 0 Å². The highest BCUT2D eigenvalue weighted by Gasteiger charge is 2.12. The molecule has 1 aromatic heterocycles. The summed E-state index contributed by atoms with van der Waals surface area (Å²) < 4.78 is 1.73. The molecule has 0 atom stereocenters. The Bertz CT molecular complexity index is 557. The van der Waals surface area contributed by atoms with Gasteiger partial charge < -0.3 is 10.6 Å². The van der Waals surface area contributed by atoms with Crippen LogP contribution in [0.3, 0.4) is 0 Å². The number of aromatic nitrogens is 2. The number of rotatable bonds is 3. The maximum absolute atomic E-state index is 6.03. The van der Waals surface area contributed by atoms with E-state index in [9.17, 15) is 0 Å². The Hall–Kier alpha value is -1.97. The lowest BCUT2D eigenvalue weighted by Gasteiger charge is -2.19. The van der Waals surface area contributed by atoms with Crippen LogP contribution in [0.1, 0.15) is 16.8 Å². The highest BCUT2D eigenvalue weighted by atomic mass is 15.3. The van der Waals surface area contributed by atoms with Crippen molar-refractivity contribution in [1.82, 2.24) is 9.78 Å². The molecule has 0 amide bonds. The van der Waals surface area contributed by atoms with Crippen LogP contribution in [0, 0.1) is 13.8 Å². The molecule has 0 unspecified atom stereocenters. The van der Waals surface area contributed by atoms with Crippen LogP contribution in [0.2, 0.25) is 0 Å². The van der Waals surface area contributed by atoms with Gasteiger partial charge in [-0.1, -0.05) is 12.1 Å². The molecule has 0 saturated carbocycles. The fourth-order valence-electron chi connectivity index (χ4n) is 2.11. The zero-order valence-electron chi connectivity index (χ0n) is 11.4. The lowest BCUT2D eigenvalue weighted by atomic mass is 10.2. The van der Waals surface area contributed by atoms with Gasteiger partial charge in [-0.15, -0.1) is 0 Å². The van der Waals surface area contributed by atoms with Gasteiger partial charge >= 0.3 is 0 Å². The third kappa shape index (κ3) is 2.32. The fraction of sp³-hybridized carbons (Fsp3) is 0.357. The Morgan fingerprint density at radius 3 is 2.61 bits per heavy atom. The van der Waals surface area contributed by atoms with E-state index < -0.39 is 0 Å². The Kier molecular flexibility index (Phi) is 3.28. The molecule has 0 fully saturated rings. The van der Waals surface area contributed by atoms with E-state index in [0.717, 1.165) is 23.6 Å². The number of nitrogens with zero attached hydrogens (tertiary/aromatic N) is 3. The lowest BCUT2D eigenvalue weighted by Crippen LogP contribution is -2.17. The first-order chi connectivity index (χ1) is 8.49. The summed E-state index contributed by atoms with van der Waals surface area (Å²) >= 11 is 0. The number of nitrogen functional groups attached to an aromatic ring is 1. The number of hydrogen-bond acceptors (Lipinski definition) is 3. The second-order valence-electron chi connectivity index (χ2n) is 4.77. The SMILES string of the molecule is Cc1cccc(N(C)Cc2c(C)nn(C)c2N)c1. The zero-order valence-corrected chi connectivity index (χ0v) is 11.4. The van der Waals surface area contributed by atoms with Crippen molar-refractivity contribution in [2.75, 3.05) is 17.7 Å². The minimum atomic E-state index is 0.743. The molecule has 0 saturated heterocycles. The molecule has 0 bridgehead atoms. The van der Waals surface area contributed by atoms with Crippen molar-refractivity contribution in [2.45, 2.75) is 20.4 Å². The molecule has 0 spiro atoms. The summed E-state index contributed by atoms with van der Waals surface area (Å²) in [5.41, 5.74) is 10.6. The molecule has 2 aromatic rings. The maximum Gasteiger partial charge on any atom is 0.126 e. The molecule has 1 heterocycles. The van der Waals surface area contributed by atoms with Gasteiger partial charge in [0.15, 0.2) is 0 Å². The maximum atomic E-state index is 6.03. The molecule has 0 aliphatic carbocycles. The van der Waals surface area contributed by atoms with Crippen molar-refractivity contribution in [3.8, 4) is 0 Å². The average Bonchev–Trinajstić information content (AvgIpc) is 2.56. The van der Waals surface area contributed by atoms with Crippen molar-refractivity contribution in [2.24, 2.45) is 7.05 Å². The molecule has 1 aromatic carbocycles. The summed E-state index contributed by atoms with van der Waals surface area (Å²) in [6.07, 6.45) is 0. The topological polar surface area (TPSA) is 47.1 Å². The smallest absolute Gasteiger partial charge is 0.126 e. The number of hydrogen-bond donors (Lipinski definition) is 1. The highest BCUT2D eigenvalue weighted by molar-refractivity contribution is 5.51. The molecule has 2 rings (SSSR count). The van der Waals surface area contributed by atoms with Crippen molar-refractivity contribution in [3.05, 3.63) is 41.1 Å². The van der Waals surface area contributed by atoms with Gasteiger partial charge in [0.1, 0.15) is 5.82 Å². The summed E-state index contributed by atoms with van der Waals surface area (Å²) in [4.78, 5) is 2.19. The van der Waals surface area contributed by atoms with Crippen LogP contribution < -0.4 is 10.6 Å². The standard InChI is InChI=1S/C14H20N4/c1-10-6-5-7-12(8-10)17(3)9-13-11(2)16-18(4)14(13)15/h5-8H,9,15H2,1-4H3. The van der Waals surface area contributed by atoms with Gasteiger partial charge in [0.2, 0.25) is 0 Å². The van der Waals surface area contributed by atoms with Crippen LogP contribution >= 0.6 is 0 Å². The minimum absolute atomic E-state index is 0.743. The van der Waals surface area contributed by atoms with E-state index in [1.54, 1.807) is 4.68 Å². The van der Waals surface area contributed by atoms with Gasteiger partial charge in [-0.3, -0.25) is 4.68 Å². The minimum Gasteiger partial charge on any atom is -0.384 e. The number of benzene rings is 1. The van der Waals surface area contributed by atoms with Crippen molar-refractivity contribution < 1.29 is 0 Å². The molecule has 2 N–H and O–H groups in total. The number of anilines is 2. The Morgan fingerprint density at radius 2 is 2.06 bits per heavy atom. The number of nitrogens with two attached hydrogens (primary N) is 1. The van der Waals surface area contributed by atoms with Gasteiger partial charge in [0.25, 0.3) is 0 Å². The van der Waals surface area contributed by atoms with Gasteiger partial charge in [0, 0.05) is 31.9 Å². The van der Waals surface area contributed by atoms with Crippen molar-refractivity contribution in [1.29, 1.82) is 0 Å². The monoisotopic (exact) mass is 244 g/mol. The fourth-order valence-corrected chi connectivity index (χ4v) is 2.11. The van der Waals surface area contributed by atoms with E-state index in [-0.39, 0.29) is 0 Å². The van der Waals surface area contributed by atoms with Gasteiger partial charge in [-0.25, -0.2) is 0 Å². The van der Waals surface area contributed by atoms with Crippen molar-refractivity contribution in [3.63, 3.8) is 0 Å². The third-order valence-corrected chi connectivity index (χ3v) is 3.23. The molecule has 18 heavy (non-hydrogen) atoms. The van der Waals surface area contributed by atoms with E-state index >= 15 is 0 Å². The average molecular weight is 244 g/mol. The zero-order chi connectivity index (χ0) is 13.3. The summed E-state index contributed by atoms with van der Waals surface area (Å²) in [5, 5.41) is 4.34. The first kappa shape index (κ1) is 12.5. The Balaban J connectivity index is 2.24. The molecule has 96 valence electrons. The van der Waals surface area contributed by atoms with Crippen molar-refractivity contribution >= 4 is 11.5 Å². The molecular formula is C14H20N4. The molecule has 4 heteroatoms. The highest BCUT2D eigenvalue weighted by Crippen LogP contribution is 2.21. The molecule has 0 aliphatic heterocycles. The molecule has 0 aliphatic rings. The molecule has 0 radical (unpaired) electrons. The van der Waals surface area contributed by atoms with Gasteiger partial charge in [-0.2, -0.15) is 5.10 Å². The Morgan fingerprint density at radius 1 is 1.33 bits per heavy atom. The van der Waals surface area contributed by atoms with E-state index in [2.05, 4.69) is 48.2 Å². The summed E-state index contributed by atoms with van der Waals surface area (Å²) in [6, 6.07) is 8.44. The third-order valence-electron chi connectivity index (χ3n) is 3.23. The largest absolute Gasteiger partial charge is 0.384 e. The van der Waals surface area contributed by atoms with E-state index in [1.165, 1.54) is 11.3 Å². The second-order valence-corrected chi connectivity index (χ2v) is 4.77. The number of aryl methyl sites for hydroxylation is 3. The predicted octanol–water partition coefficient (Wildman–Crippen LogP) is 2.26. The quantitative estimate of drug-likeness (QED) is 0.901. The summed E-state index contributed by atoms with van der Waals surface area (Å²) in [5.74, 6) is 0.743. The Labute approximate surface area is 108 Å².